The molecule has 1 unspecified atom stereocenters. The predicted octanol–water partition coefficient (Wildman–Crippen LogP) is 2.02. The zero-order valence-electron chi connectivity index (χ0n) is 16.6. The van der Waals surface area contributed by atoms with Gasteiger partial charge in [-0.05, 0) is 38.0 Å². The van der Waals surface area contributed by atoms with Gasteiger partial charge in [0, 0.05) is 5.69 Å². The summed E-state index contributed by atoms with van der Waals surface area (Å²) in [7, 11) is 1.85. The van der Waals surface area contributed by atoms with Crippen molar-refractivity contribution in [3.05, 3.63) is 65.2 Å². The highest BCUT2D eigenvalue weighted by molar-refractivity contribution is 5.91. The van der Waals surface area contributed by atoms with Crippen molar-refractivity contribution in [2.75, 3.05) is 25.5 Å². The standard InChI is InChI=1S/C22H29N3O2/c1-5-20(18-10-6-16(2)7-11-18)24-22(27)15-25(4)14-21(26)23-19-12-8-17(3)9-13-19/h6-13,20H,5,14-15H2,1-4H3,(H,23,26)(H,24,27)/p+1/t20-/m1/s1. The van der Waals surface area contributed by atoms with Gasteiger partial charge in [-0.2, -0.15) is 0 Å². The van der Waals surface area contributed by atoms with Crippen LogP contribution in [0.1, 0.15) is 36.1 Å². The lowest BCUT2D eigenvalue weighted by Crippen LogP contribution is -3.11. The Bertz CT molecular complexity index is 754. The Hall–Kier alpha value is -2.66. The van der Waals surface area contributed by atoms with E-state index in [4.69, 9.17) is 0 Å². The van der Waals surface area contributed by atoms with Gasteiger partial charge in [0.25, 0.3) is 11.8 Å². The fourth-order valence-electron chi connectivity index (χ4n) is 2.92. The summed E-state index contributed by atoms with van der Waals surface area (Å²) in [5, 5.41) is 5.94. The number of rotatable bonds is 8. The maximum atomic E-state index is 12.4. The molecule has 2 aromatic rings. The Morgan fingerprint density at radius 3 is 1.96 bits per heavy atom. The molecule has 2 rings (SSSR count). The zero-order valence-corrected chi connectivity index (χ0v) is 16.6. The van der Waals surface area contributed by atoms with Gasteiger partial charge in [0.1, 0.15) is 0 Å². The number of quaternary nitrogens is 1. The largest absolute Gasteiger partial charge is 0.344 e. The number of anilines is 1. The zero-order chi connectivity index (χ0) is 19.8. The van der Waals surface area contributed by atoms with Crippen LogP contribution in [-0.4, -0.2) is 32.0 Å². The van der Waals surface area contributed by atoms with Crippen molar-refractivity contribution in [1.29, 1.82) is 0 Å². The Balaban J connectivity index is 1.82. The highest BCUT2D eigenvalue weighted by Gasteiger charge is 2.18. The van der Waals surface area contributed by atoms with Crippen molar-refractivity contribution < 1.29 is 14.5 Å². The van der Waals surface area contributed by atoms with E-state index in [1.165, 1.54) is 5.56 Å². The van der Waals surface area contributed by atoms with Gasteiger partial charge in [0.2, 0.25) is 0 Å². The molecule has 0 fully saturated rings. The number of amides is 2. The fourth-order valence-corrected chi connectivity index (χ4v) is 2.92. The molecule has 0 bridgehead atoms. The van der Waals surface area contributed by atoms with Crippen LogP contribution in [0.15, 0.2) is 48.5 Å². The Morgan fingerprint density at radius 1 is 0.889 bits per heavy atom. The molecular formula is C22H30N3O2+. The van der Waals surface area contributed by atoms with Crippen molar-refractivity contribution >= 4 is 17.5 Å². The molecule has 0 aliphatic rings. The summed E-state index contributed by atoms with van der Waals surface area (Å²) in [4.78, 5) is 25.4. The van der Waals surface area contributed by atoms with Crippen molar-refractivity contribution in [3.63, 3.8) is 0 Å². The first-order chi connectivity index (χ1) is 12.9. The lowest BCUT2D eigenvalue weighted by atomic mass is 10.0. The van der Waals surface area contributed by atoms with E-state index < -0.39 is 0 Å². The van der Waals surface area contributed by atoms with Gasteiger partial charge in [-0.25, -0.2) is 0 Å². The van der Waals surface area contributed by atoms with Gasteiger partial charge in [0.15, 0.2) is 13.1 Å². The fraction of sp³-hybridized carbons (Fsp3) is 0.364. The van der Waals surface area contributed by atoms with Crippen LogP contribution in [0.25, 0.3) is 0 Å². The van der Waals surface area contributed by atoms with E-state index in [2.05, 4.69) is 41.8 Å². The molecule has 0 saturated heterocycles. The molecule has 27 heavy (non-hydrogen) atoms. The molecule has 2 amide bonds. The second-order valence-electron chi connectivity index (χ2n) is 7.16. The normalized spacial score (nSPS) is 12.9. The quantitative estimate of drug-likeness (QED) is 0.668. The summed E-state index contributed by atoms with van der Waals surface area (Å²) >= 11 is 0. The van der Waals surface area contributed by atoms with E-state index >= 15 is 0 Å². The average molecular weight is 369 g/mol. The minimum Gasteiger partial charge on any atom is -0.344 e. The lowest BCUT2D eigenvalue weighted by molar-refractivity contribution is -0.862. The maximum Gasteiger partial charge on any atom is 0.279 e. The van der Waals surface area contributed by atoms with E-state index in [0.29, 0.717) is 0 Å². The first-order valence-electron chi connectivity index (χ1n) is 9.41. The Labute approximate surface area is 161 Å². The van der Waals surface area contributed by atoms with Crippen LogP contribution in [0.5, 0.6) is 0 Å². The lowest BCUT2D eigenvalue weighted by Gasteiger charge is -2.19. The molecule has 0 saturated carbocycles. The van der Waals surface area contributed by atoms with Gasteiger partial charge < -0.3 is 15.5 Å². The molecule has 5 heteroatoms. The first kappa shape index (κ1) is 20.6. The summed E-state index contributed by atoms with van der Waals surface area (Å²) in [6.07, 6.45) is 0.821. The number of benzene rings is 2. The highest BCUT2D eigenvalue weighted by atomic mass is 16.2. The highest BCUT2D eigenvalue weighted by Crippen LogP contribution is 2.16. The third-order valence-corrected chi connectivity index (χ3v) is 4.48. The number of carbonyl (C=O) groups excluding carboxylic acids is 2. The third kappa shape index (κ3) is 6.87. The van der Waals surface area contributed by atoms with Gasteiger partial charge in [-0.3, -0.25) is 9.59 Å². The molecule has 0 radical (unpaired) electrons. The molecule has 0 spiro atoms. The van der Waals surface area contributed by atoms with Crippen molar-refractivity contribution in [2.24, 2.45) is 0 Å². The maximum absolute atomic E-state index is 12.4. The summed E-state index contributed by atoms with van der Waals surface area (Å²) in [5.74, 6) is -0.155. The minimum absolute atomic E-state index is 0.00714. The van der Waals surface area contributed by atoms with E-state index in [0.717, 1.165) is 28.1 Å². The molecule has 0 heterocycles. The van der Waals surface area contributed by atoms with Crippen LogP contribution in [0.3, 0.4) is 0 Å². The summed E-state index contributed by atoms with van der Waals surface area (Å²) in [6.45, 7) is 6.59. The minimum atomic E-state index is -0.102. The van der Waals surface area contributed by atoms with Gasteiger partial charge in [-0.1, -0.05) is 54.4 Å². The Morgan fingerprint density at radius 2 is 1.41 bits per heavy atom. The summed E-state index contributed by atoms with van der Waals surface area (Å²) < 4.78 is 0. The number of likely N-dealkylation sites (N-methyl/N-ethyl adjacent to an activating group) is 1. The topological polar surface area (TPSA) is 62.6 Å². The SMILES string of the molecule is CC[C@@H](NC(=O)C[NH+](C)CC(=O)Nc1ccc(C)cc1)c1ccc(C)cc1. The van der Waals surface area contributed by atoms with Crippen LogP contribution in [-0.2, 0) is 9.59 Å². The molecule has 0 aromatic heterocycles. The average Bonchev–Trinajstić information content (AvgIpc) is 2.62. The molecule has 144 valence electrons. The van der Waals surface area contributed by atoms with Crippen LogP contribution >= 0.6 is 0 Å². The van der Waals surface area contributed by atoms with Crippen LogP contribution in [0.4, 0.5) is 5.69 Å². The number of hydrogen-bond acceptors (Lipinski definition) is 2. The Kier molecular flexibility index (Phi) is 7.55. The monoisotopic (exact) mass is 368 g/mol. The number of carbonyl (C=O) groups is 2. The van der Waals surface area contributed by atoms with Gasteiger partial charge >= 0.3 is 0 Å². The van der Waals surface area contributed by atoms with Crippen molar-refractivity contribution in [2.45, 2.75) is 33.2 Å². The van der Waals surface area contributed by atoms with Crippen LogP contribution in [0, 0.1) is 13.8 Å². The van der Waals surface area contributed by atoms with E-state index in [9.17, 15) is 9.59 Å². The van der Waals surface area contributed by atoms with Crippen molar-refractivity contribution in [1.82, 2.24) is 5.32 Å². The third-order valence-electron chi connectivity index (χ3n) is 4.48. The summed E-state index contributed by atoms with van der Waals surface area (Å²) in [6, 6.07) is 15.9. The molecule has 2 aromatic carbocycles. The van der Waals surface area contributed by atoms with E-state index in [-0.39, 0.29) is 30.9 Å². The van der Waals surface area contributed by atoms with Gasteiger partial charge in [0.05, 0.1) is 13.1 Å². The van der Waals surface area contributed by atoms with Crippen LogP contribution in [0.2, 0.25) is 0 Å². The molecule has 0 aliphatic carbocycles. The summed E-state index contributed by atoms with van der Waals surface area (Å²) in [5.41, 5.74) is 4.22. The van der Waals surface area contributed by atoms with Gasteiger partial charge in [-0.15, -0.1) is 0 Å². The van der Waals surface area contributed by atoms with Crippen LogP contribution < -0.4 is 15.5 Å². The van der Waals surface area contributed by atoms with Crippen molar-refractivity contribution in [3.8, 4) is 0 Å². The molecule has 0 aliphatic heterocycles. The first-order valence-corrected chi connectivity index (χ1v) is 9.41. The molecule has 2 atom stereocenters. The molecule has 3 N–H and O–H groups in total. The number of nitrogens with one attached hydrogen (secondary N) is 3. The molecule has 5 nitrogen and oxygen atoms in total. The predicted molar refractivity (Wildman–Crippen MR) is 109 cm³/mol. The number of hydrogen-bond donors (Lipinski definition) is 3. The second kappa shape index (κ2) is 9.88. The molecular weight excluding hydrogens is 338 g/mol. The second-order valence-corrected chi connectivity index (χ2v) is 7.16. The number of aryl methyl sites for hydroxylation is 2. The van der Waals surface area contributed by atoms with E-state index in [1.54, 1.807) is 0 Å². The smallest absolute Gasteiger partial charge is 0.279 e. The van der Waals surface area contributed by atoms with E-state index in [1.807, 2.05) is 45.2 Å².